The van der Waals surface area contributed by atoms with E-state index in [-0.39, 0.29) is 5.97 Å². The molecular formula is C11H12O2. The Morgan fingerprint density at radius 1 is 1.69 bits per heavy atom. The molecule has 0 aromatic heterocycles. The van der Waals surface area contributed by atoms with Crippen molar-refractivity contribution in [1.29, 1.82) is 0 Å². The third kappa shape index (κ3) is 3.11. The second-order valence-electron chi connectivity index (χ2n) is 2.66. The van der Waals surface area contributed by atoms with Crippen LogP contribution in [-0.4, -0.2) is 13.1 Å². The van der Waals surface area contributed by atoms with Crippen LogP contribution in [0.25, 0.3) is 6.08 Å². The number of hydrogen-bond donors (Lipinski definition) is 0. The SMILES string of the molecule is [2H]c1ccc(/C=C/C(=O)OC)cc1C. The molecule has 0 spiro atoms. The number of rotatable bonds is 2. The number of ether oxygens (including phenoxy) is 1. The third-order valence-electron chi connectivity index (χ3n) is 1.58. The molecular weight excluding hydrogens is 164 g/mol. The van der Waals surface area contributed by atoms with E-state index in [4.69, 9.17) is 1.37 Å². The first-order chi connectivity index (χ1) is 6.63. The number of methoxy groups -OCH3 is 1. The number of carbonyl (C=O) groups excluding carboxylic acids is 1. The van der Waals surface area contributed by atoms with E-state index in [0.717, 1.165) is 11.1 Å². The lowest BCUT2D eigenvalue weighted by Gasteiger charge is -1.94. The van der Waals surface area contributed by atoms with Gasteiger partial charge < -0.3 is 4.74 Å². The molecule has 2 heteroatoms. The van der Waals surface area contributed by atoms with Crippen LogP contribution in [0.5, 0.6) is 0 Å². The van der Waals surface area contributed by atoms with Gasteiger partial charge >= 0.3 is 5.97 Å². The Hall–Kier alpha value is -1.57. The van der Waals surface area contributed by atoms with Crippen molar-refractivity contribution in [1.82, 2.24) is 0 Å². The summed E-state index contributed by atoms with van der Waals surface area (Å²) in [4.78, 5) is 10.8. The Bertz CT molecular complexity index is 370. The number of benzene rings is 1. The van der Waals surface area contributed by atoms with E-state index in [2.05, 4.69) is 4.74 Å². The Labute approximate surface area is 79.2 Å². The lowest BCUT2D eigenvalue weighted by Crippen LogP contribution is -1.93. The summed E-state index contributed by atoms with van der Waals surface area (Å²) >= 11 is 0. The zero-order valence-corrected chi connectivity index (χ0v) is 7.70. The molecule has 0 N–H and O–H groups in total. The maximum absolute atomic E-state index is 10.8. The molecule has 68 valence electrons. The first-order valence-corrected chi connectivity index (χ1v) is 3.97. The lowest BCUT2D eigenvalue weighted by atomic mass is 10.1. The molecule has 0 atom stereocenters. The summed E-state index contributed by atoms with van der Waals surface area (Å²) in [6.45, 7) is 1.86. The van der Waals surface area contributed by atoms with E-state index in [9.17, 15) is 4.79 Å². The average molecular weight is 177 g/mol. The van der Waals surface area contributed by atoms with Gasteiger partial charge in [-0.05, 0) is 18.6 Å². The average Bonchev–Trinajstić information content (AvgIpc) is 2.19. The van der Waals surface area contributed by atoms with Gasteiger partial charge in [-0.25, -0.2) is 4.79 Å². The molecule has 0 aliphatic carbocycles. The number of hydrogen-bond acceptors (Lipinski definition) is 2. The van der Waals surface area contributed by atoms with Crippen LogP contribution in [0.3, 0.4) is 0 Å². The monoisotopic (exact) mass is 177 g/mol. The summed E-state index contributed by atoms with van der Waals surface area (Å²) in [6.07, 6.45) is 3.02. The molecule has 0 aliphatic rings. The molecule has 1 aromatic rings. The molecule has 0 unspecified atom stereocenters. The Kier molecular flexibility index (Phi) is 2.76. The van der Waals surface area contributed by atoms with Crippen molar-refractivity contribution in [2.24, 2.45) is 0 Å². The maximum Gasteiger partial charge on any atom is 0.330 e. The molecule has 0 radical (unpaired) electrons. The van der Waals surface area contributed by atoms with Crippen molar-refractivity contribution in [3.05, 3.63) is 41.4 Å². The Morgan fingerprint density at radius 3 is 3.08 bits per heavy atom. The number of aryl methyl sites for hydroxylation is 1. The molecule has 1 rings (SSSR count). The van der Waals surface area contributed by atoms with Crippen LogP contribution in [0.4, 0.5) is 0 Å². The molecule has 0 aliphatic heterocycles. The summed E-state index contributed by atoms with van der Waals surface area (Å²) in [6, 6.07) is 5.84. The lowest BCUT2D eigenvalue weighted by molar-refractivity contribution is -0.134. The van der Waals surface area contributed by atoms with E-state index in [1.807, 2.05) is 13.0 Å². The van der Waals surface area contributed by atoms with Crippen molar-refractivity contribution in [3.63, 3.8) is 0 Å². The summed E-state index contributed by atoms with van der Waals surface area (Å²) < 4.78 is 11.9. The van der Waals surface area contributed by atoms with Gasteiger partial charge in [-0.3, -0.25) is 0 Å². The van der Waals surface area contributed by atoms with Gasteiger partial charge in [-0.1, -0.05) is 29.8 Å². The standard InChI is InChI=1S/C11H12O2/c1-9-4-3-5-10(8-9)6-7-11(12)13-2/h3-8H,1-2H3/b7-6+/i4D. The van der Waals surface area contributed by atoms with Crippen LogP contribution in [0.2, 0.25) is 0 Å². The molecule has 0 heterocycles. The molecule has 0 bridgehead atoms. The second kappa shape index (κ2) is 4.45. The molecule has 0 saturated carbocycles. The fraction of sp³-hybridized carbons (Fsp3) is 0.182. The van der Waals surface area contributed by atoms with Gasteiger partial charge in [0.1, 0.15) is 0 Å². The highest BCUT2D eigenvalue weighted by molar-refractivity contribution is 5.86. The highest BCUT2D eigenvalue weighted by atomic mass is 16.5. The third-order valence-corrected chi connectivity index (χ3v) is 1.58. The fourth-order valence-corrected chi connectivity index (χ4v) is 0.945. The second-order valence-corrected chi connectivity index (χ2v) is 2.66. The zero-order chi connectivity index (χ0) is 10.6. The van der Waals surface area contributed by atoms with E-state index in [1.54, 1.807) is 18.2 Å². The fourth-order valence-electron chi connectivity index (χ4n) is 0.945. The van der Waals surface area contributed by atoms with Gasteiger partial charge in [0.2, 0.25) is 0 Å². The van der Waals surface area contributed by atoms with Gasteiger partial charge in [0.15, 0.2) is 0 Å². The van der Waals surface area contributed by atoms with E-state index in [1.165, 1.54) is 13.2 Å². The van der Waals surface area contributed by atoms with Crippen molar-refractivity contribution in [2.75, 3.05) is 7.11 Å². The smallest absolute Gasteiger partial charge is 0.330 e. The van der Waals surface area contributed by atoms with Crippen LogP contribution in [0.1, 0.15) is 12.5 Å². The number of carbonyl (C=O) groups is 1. The molecule has 0 amide bonds. The van der Waals surface area contributed by atoms with Crippen LogP contribution >= 0.6 is 0 Å². The van der Waals surface area contributed by atoms with Crippen LogP contribution in [-0.2, 0) is 9.53 Å². The van der Waals surface area contributed by atoms with Crippen LogP contribution < -0.4 is 0 Å². The zero-order valence-electron chi connectivity index (χ0n) is 8.70. The van der Waals surface area contributed by atoms with Gasteiger partial charge in [-0.2, -0.15) is 0 Å². The molecule has 13 heavy (non-hydrogen) atoms. The minimum Gasteiger partial charge on any atom is -0.466 e. The molecule has 1 aromatic carbocycles. The Balaban J connectivity index is 2.83. The molecule has 0 fully saturated rings. The number of esters is 1. The van der Waals surface area contributed by atoms with Crippen molar-refractivity contribution in [3.8, 4) is 0 Å². The topological polar surface area (TPSA) is 26.3 Å². The van der Waals surface area contributed by atoms with Crippen molar-refractivity contribution < 1.29 is 10.9 Å². The van der Waals surface area contributed by atoms with Gasteiger partial charge in [0.05, 0.1) is 8.48 Å². The summed E-state index contributed by atoms with van der Waals surface area (Å²) in [5.74, 6) is -0.377. The van der Waals surface area contributed by atoms with Crippen molar-refractivity contribution in [2.45, 2.75) is 6.92 Å². The molecule has 2 nitrogen and oxygen atoms in total. The Morgan fingerprint density at radius 2 is 2.46 bits per heavy atom. The van der Waals surface area contributed by atoms with Crippen LogP contribution in [0, 0.1) is 6.92 Å². The normalized spacial score (nSPS) is 11.4. The van der Waals surface area contributed by atoms with Gasteiger partial charge in [0.25, 0.3) is 0 Å². The van der Waals surface area contributed by atoms with E-state index in [0.29, 0.717) is 6.04 Å². The first-order valence-electron chi connectivity index (χ1n) is 4.47. The first kappa shape index (κ1) is 8.05. The maximum atomic E-state index is 10.8. The molecule has 0 saturated heterocycles. The predicted molar refractivity (Wildman–Crippen MR) is 52.2 cm³/mol. The van der Waals surface area contributed by atoms with E-state index < -0.39 is 0 Å². The van der Waals surface area contributed by atoms with Crippen LogP contribution in [0.15, 0.2) is 30.3 Å². The van der Waals surface area contributed by atoms with Gasteiger partial charge in [-0.15, -0.1) is 0 Å². The minimum atomic E-state index is -0.377. The largest absolute Gasteiger partial charge is 0.466 e. The van der Waals surface area contributed by atoms with Crippen molar-refractivity contribution >= 4 is 12.0 Å². The summed E-state index contributed by atoms with van der Waals surface area (Å²) in [5.41, 5.74) is 1.78. The highest BCUT2D eigenvalue weighted by Gasteiger charge is 1.91. The predicted octanol–water partition coefficient (Wildman–Crippen LogP) is 2.18. The quantitative estimate of drug-likeness (QED) is 0.511. The summed E-state index contributed by atoms with van der Waals surface area (Å²) in [5, 5.41) is 0. The van der Waals surface area contributed by atoms with Gasteiger partial charge in [0, 0.05) is 6.08 Å². The van der Waals surface area contributed by atoms with E-state index >= 15 is 0 Å². The summed E-state index contributed by atoms with van der Waals surface area (Å²) in [7, 11) is 1.34. The minimum absolute atomic E-state index is 0.377. The highest BCUT2D eigenvalue weighted by Crippen LogP contribution is 2.05.